The second-order valence-electron chi connectivity index (χ2n) is 9.21. The molecule has 4 heterocycles. The minimum absolute atomic E-state index is 0.121. The van der Waals surface area contributed by atoms with Crippen LogP contribution in [0.4, 0.5) is 11.4 Å². The molecule has 3 aliphatic heterocycles. The summed E-state index contributed by atoms with van der Waals surface area (Å²) in [7, 11) is 0. The van der Waals surface area contributed by atoms with Crippen LogP contribution in [0.3, 0.4) is 0 Å². The zero-order chi connectivity index (χ0) is 21.7. The summed E-state index contributed by atoms with van der Waals surface area (Å²) in [6.45, 7) is 5.22. The lowest BCUT2D eigenvalue weighted by Crippen LogP contribution is -2.50. The van der Waals surface area contributed by atoms with Crippen LogP contribution >= 0.6 is 11.6 Å². The van der Waals surface area contributed by atoms with Gasteiger partial charge in [0.25, 0.3) is 0 Å². The summed E-state index contributed by atoms with van der Waals surface area (Å²) >= 11 is 6.12. The number of fused-ring (bicyclic) bond motifs is 3. The van der Waals surface area contributed by atoms with Crippen molar-refractivity contribution in [2.45, 2.75) is 31.7 Å². The molecule has 3 aliphatic rings. The number of piperazine rings is 1. The van der Waals surface area contributed by atoms with E-state index in [1.54, 1.807) is 0 Å². The molecule has 0 saturated carbocycles. The van der Waals surface area contributed by atoms with Crippen LogP contribution in [0.25, 0.3) is 10.9 Å². The van der Waals surface area contributed by atoms with Gasteiger partial charge in [-0.3, -0.25) is 14.7 Å². The van der Waals surface area contributed by atoms with Crippen molar-refractivity contribution in [2.24, 2.45) is 0 Å². The van der Waals surface area contributed by atoms with Crippen molar-refractivity contribution in [2.75, 3.05) is 42.5 Å². The zero-order valence-electron chi connectivity index (χ0n) is 18.1. The maximum atomic E-state index is 13.2. The molecule has 1 amide bonds. The van der Waals surface area contributed by atoms with Crippen molar-refractivity contribution >= 4 is 39.8 Å². The number of nitrogens with zero attached hydrogens (tertiary/aromatic N) is 4. The van der Waals surface area contributed by atoms with Gasteiger partial charge in [-0.05, 0) is 67.3 Å². The average Bonchev–Trinajstić information content (AvgIpc) is 3.43. The van der Waals surface area contributed by atoms with E-state index in [0.717, 1.165) is 54.8 Å². The Bertz CT molecular complexity index is 1200. The molecule has 5 nitrogen and oxygen atoms in total. The normalized spacial score (nSPS) is 20.6. The number of pyridine rings is 1. The molecule has 2 aromatic carbocycles. The van der Waals surface area contributed by atoms with Crippen molar-refractivity contribution in [1.82, 2.24) is 9.88 Å². The van der Waals surface area contributed by atoms with Gasteiger partial charge < -0.3 is 9.80 Å². The van der Waals surface area contributed by atoms with Crippen LogP contribution in [0.5, 0.6) is 0 Å². The summed E-state index contributed by atoms with van der Waals surface area (Å²) in [6, 6.07) is 14.8. The predicted molar refractivity (Wildman–Crippen MR) is 130 cm³/mol. The number of benzene rings is 2. The second-order valence-corrected chi connectivity index (χ2v) is 9.64. The Morgan fingerprint density at radius 3 is 2.91 bits per heavy atom. The quantitative estimate of drug-likeness (QED) is 0.601. The fraction of sp³-hybridized carbons (Fsp3) is 0.385. The molecule has 0 aliphatic carbocycles. The van der Waals surface area contributed by atoms with Crippen LogP contribution in [0.2, 0.25) is 5.02 Å². The molecule has 2 fully saturated rings. The summed E-state index contributed by atoms with van der Waals surface area (Å²) in [5.41, 5.74) is 5.48. The minimum Gasteiger partial charge on any atom is -0.368 e. The van der Waals surface area contributed by atoms with E-state index in [1.807, 2.05) is 35.4 Å². The van der Waals surface area contributed by atoms with Crippen molar-refractivity contribution in [1.29, 1.82) is 0 Å². The van der Waals surface area contributed by atoms with E-state index in [1.165, 1.54) is 30.6 Å². The van der Waals surface area contributed by atoms with Crippen molar-refractivity contribution in [3.05, 3.63) is 64.8 Å². The van der Waals surface area contributed by atoms with Gasteiger partial charge in [0.2, 0.25) is 5.91 Å². The molecule has 164 valence electrons. The molecule has 0 radical (unpaired) electrons. The number of carbonyl (C=O) groups is 1. The van der Waals surface area contributed by atoms with E-state index in [-0.39, 0.29) is 5.91 Å². The molecule has 1 atom stereocenters. The van der Waals surface area contributed by atoms with Crippen LogP contribution in [0.15, 0.2) is 48.7 Å². The van der Waals surface area contributed by atoms with E-state index in [9.17, 15) is 4.79 Å². The summed E-state index contributed by atoms with van der Waals surface area (Å²) in [4.78, 5) is 25.0. The van der Waals surface area contributed by atoms with E-state index in [0.29, 0.717) is 17.5 Å². The highest BCUT2D eigenvalue weighted by Gasteiger charge is 2.32. The van der Waals surface area contributed by atoms with Gasteiger partial charge in [-0.15, -0.1) is 0 Å². The number of halogens is 1. The molecule has 2 saturated heterocycles. The van der Waals surface area contributed by atoms with Gasteiger partial charge in [0.05, 0.1) is 11.9 Å². The number of rotatable bonds is 3. The number of anilines is 2. The SMILES string of the molecule is O=C(Cc1cccc(Cl)c1)N1CCc2cc3nccc(N4CCN5CCC[C@H]5C4)c3cc21. The number of hydrogen-bond donors (Lipinski definition) is 0. The molecular formula is C26H27ClN4O. The number of aromatic nitrogens is 1. The highest BCUT2D eigenvalue weighted by Crippen LogP contribution is 2.37. The lowest BCUT2D eigenvalue weighted by molar-refractivity contribution is -0.117. The lowest BCUT2D eigenvalue weighted by Gasteiger charge is -2.39. The molecule has 0 bridgehead atoms. The molecule has 0 unspecified atom stereocenters. The minimum atomic E-state index is 0.121. The fourth-order valence-corrected chi connectivity index (χ4v) is 5.89. The Kier molecular flexibility index (Phi) is 5.04. The molecule has 0 spiro atoms. The standard InChI is InChI=1S/C26H27ClN4O/c27-20-4-1-3-18(13-20)14-26(32)31-10-7-19-15-23-22(16-25(19)31)24(6-8-28-23)30-12-11-29-9-2-5-21(29)17-30/h1,3-4,6,8,13,15-16,21H,2,5,7,9-12,14,17H2/t21-/m0/s1. The first-order chi connectivity index (χ1) is 15.7. The van der Waals surface area contributed by atoms with Crippen LogP contribution in [0, 0.1) is 0 Å². The van der Waals surface area contributed by atoms with Gasteiger partial charge in [-0.25, -0.2) is 0 Å². The predicted octanol–water partition coefficient (Wildman–Crippen LogP) is 4.30. The van der Waals surface area contributed by atoms with Gasteiger partial charge in [0.1, 0.15) is 0 Å². The first-order valence-electron chi connectivity index (χ1n) is 11.6. The first-order valence-corrected chi connectivity index (χ1v) is 12.0. The van der Waals surface area contributed by atoms with Gasteiger partial charge in [-0.2, -0.15) is 0 Å². The van der Waals surface area contributed by atoms with Crippen LogP contribution in [-0.2, 0) is 17.6 Å². The van der Waals surface area contributed by atoms with Crippen molar-refractivity contribution in [3.63, 3.8) is 0 Å². The van der Waals surface area contributed by atoms with Gasteiger partial charge >= 0.3 is 0 Å². The summed E-state index contributed by atoms with van der Waals surface area (Å²) in [5.74, 6) is 0.121. The largest absolute Gasteiger partial charge is 0.368 e. The average molecular weight is 447 g/mol. The molecular weight excluding hydrogens is 420 g/mol. The lowest BCUT2D eigenvalue weighted by atomic mass is 10.1. The summed E-state index contributed by atoms with van der Waals surface area (Å²) < 4.78 is 0. The Morgan fingerprint density at radius 1 is 1.06 bits per heavy atom. The van der Waals surface area contributed by atoms with E-state index >= 15 is 0 Å². The number of amides is 1. The molecule has 6 rings (SSSR count). The van der Waals surface area contributed by atoms with Crippen LogP contribution < -0.4 is 9.80 Å². The summed E-state index contributed by atoms with van der Waals surface area (Å²) in [6.07, 6.45) is 5.77. The van der Waals surface area contributed by atoms with Crippen LogP contribution in [0.1, 0.15) is 24.0 Å². The molecule has 3 aromatic rings. The maximum Gasteiger partial charge on any atom is 0.231 e. The van der Waals surface area contributed by atoms with E-state index in [4.69, 9.17) is 11.6 Å². The number of hydrogen-bond acceptors (Lipinski definition) is 4. The molecule has 1 aromatic heterocycles. The molecule has 32 heavy (non-hydrogen) atoms. The zero-order valence-corrected chi connectivity index (χ0v) is 18.9. The van der Waals surface area contributed by atoms with Crippen molar-refractivity contribution < 1.29 is 4.79 Å². The smallest absolute Gasteiger partial charge is 0.231 e. The van der Waals surface area contributed by atoms with E-state index < -0.39 is 0 Å². The topological polar surface area (TPSA) is 39.7 Å². The van der Waals surface area contributed by atoms with Gasteiger partial charge in [0.15, 0.2) is 0 Å². The third kappa shape index (κ3) is 3.54. The number of carbonyl (C=O) groups excluding carboxylic acids is 1. The first kappa shape index (κ1) is 20.0. The van der Waals surface area contributed by atoms with Crippen molar-refractivity contribution in [3.8, 4) is 0 Å². The third-order valence-electron chi connectivity index (χ3n) is 7.29. The highest BCUT2D eigenvalue weighted by molar-refractivity contribution is 6.30. The third-order valence-corrected chi connectivity index (χ3v) is 7.52. The second kappa shape index (κ2) is 8.05. The Morgan fingerprint density at radius 2 is 2.00 bits per heavy atom. The van der Waals surface area contributed by atoms with Crippen LogP contribution in [-0.4, -0.2) is 54.6 Å². The fourth-order valence-electron chi connectivity index (χ4n) is 5.68. The molecule has 0 N–H and O–H groups in total. The van der Waals surface area contributed by atoms with Gasteiger partial charge in [0, 0.05) is 60.2 Å². The monoisotopic (exact) mass is 446 g/mol. The summed E-state index contributed by atoms with van der Waals surface area (Å²) in [5, 5.41) is 1.82. The van der Waals surface area contributed by atoms with E-state index in [2.05, 4.69) is 33.0 Å². The highest BCUT2D eigenvalue weighted by atomic mass is 35.5. The van der Waals surface area contributed by atoms with Gasteiger partial charge in [-0.1, -0.05) is 23.7 Å². The maximum absolute atomic E-state index is 13.2. The Balaban J connectivity index is 1.32. The molecule has 6 heteroatoms. The Hall–Kier alpha value is -2.63. The Labute approximate surface area is 193 Å².